The van der Waals surface area contributed by atoms with Crippen molar-refractivity contribution in [2.75, 3.05) is 0 Å². The molecule has 1 aliphatic rings. The van der Waals surface area contributed by atoms with Gasteiger partial charge < -0.3 is 9.84 Å². The molecule has 0 spiro atoms. The van der Waals surface area contributed by atoms with Gasteiger partial charge in [-0.25, -0.2) is 4.79 Å². The van der Waals surface area contributed by atoms with Crippen molar-refractivity contribution in [1.82, 2.24) is 0 Å². The highest BCUT2D eigenvalue weighted by Gasteiger charge is 2.47. The molecule has 27 heavy (non-hydrogen) atoms. The Kier molecular flexibility index (Phi) is 5.39. The van der Waals surface area contributed by atoms with Crippen LogP contribution in [0.1, 0.15) is 71.8 Å². The third-order valence-electron chi connectivity index (χ3n) is 4.95. The molecule has 1 N–H and O–H groups in total. The molecule has 140 valence electrons. The summed E-state index contributed by atoms with van der Waals surface area (Å²) < 4.78 is 6.16. The molecule has 1 fully saturated rings. The molecular formula is C24H26O3. The van der Waals surface area contributed by atoms with Crippen molar-refractivity contribution in [3.8, 4) is 11.8 Å². The molecule has 0 aliphatic heterocycles. The zero-order valence-corrected chi connectivity index (χ0v) is 16.4. The van der Waals surface area contributed by atoms with Crippen LogP contribution in [0.4, 0.5) is 0 Å². The van der Waals surface area contributed by atoms with Crippen LogP contribution in [0.5, 0.6) is 0 Å². The predicted molar refractivity (Wildman–Crippen MR) is 107 cm³/mol. The molecular weight excluding hydrogens is 336 g/mol. The highest BCUT2D eigenvalue weighted by atomic mass is 16.5. The zero-order valence-electron chi connectivity index (χ0n) is 16.4. The average molecular weight is 362 g/mol. The predicted octanol–water partition coefficient (Wildman–Crippen LogP) is 5.07. The van der Waals surface area contributed by atoms with Gasteiger partial charge in [0, 0.05) is 11.1 Å². The highest BCUT2D eigenvalue weighted by Crippen LogP contribution is 2.51. The van der Waals surface area contributed by atoms with E-state index in [1.165, 1.54) is 11.1 Å². The Balaban J connectivity index is 1.84. The first-order chi connectivity index (χ1) is 12.8. The number of hydrogen-bond donors (Lipinski definition) is 1. The smallest absolute Gasteiger partial charge is 0.335 e. The van der Waals surface area contributed by atoms with Crippen LogP contribution >= 0.6 is 0 Å². The lowest BCUT2D eigenvalue weighted by atomic mass is 9.98. The van der Waals surface area contributed by atoms with Gasteiger partial charge in [0.1, 0.15) is 0 Å². The minimum atomic E-state index is -0.893. The first kappa shape index (κ1) is 19.2. The first-order valence-corrected chi connectivity index (χ1v) is 9.52. The van der Waals surface area contributed by atoms with Crippen LogP contribution in [0.25, 0.3) is 0 Å². The van der Waals surface area contributed by atoms with Crippen LogP contribution in [0, 0.1) is 18.8 Å². The van der Waals surface area contributed by atoms with E-state index in [-0.39, 0.29) is 11.7 Å². The van der Waals surface area contributed by atoms with E-state index in [1.54, 1.807) is 12.1 Å². The summed E-state index contributed by atoms with van der Waals surface area (Å²) in [4.78, 5) is 11.2. The van der Waals surface area contributed by atoms with Gasteiger partial charge in [-0.3, -0.25) is 0 Å². The van der Waals surface area contributed by atoms with Crippen molar-refractivity contribution >= 4 is 5.97 Å². The normalized spacial score (nSPS) is 14.6. The number of carbonyl (C=O) groups is 1. The van der Waals surface area contributed by atoms with Crippen LogP contribution in [0.15, 0.2) is 36.4 Å². The molecule has 0 atom stereocenters. The molecule has 0 radical (unpaired) electrons. The summed E-state index contributed by atoms with van der Waals surface area (Å²) in [5, 5.41) is 9.23. The second-order valence-corrected chi connectivity index (χ2v) is 7.47. The zero-order chi connectivity index (χ0) is 19.6. The fourth-order valence-electron chi connectivity index (χ4n) is 3.58. The standard InChI is InChI=1S/C24H26O3/c1-5-20-15-19(8-10-21(20)23(25)26)7-6-18-9-11-22(17(4)14-18)24(12-13-24)27-16(2)3/h8-11,14-16H,5,12-13H2,1-4H3,(H,25,26). The lowest BCUT2D eigenvalue weighted by Crippen LogP contribution is -2.18. The van der Waals surface area contributed by atoms with Crippen molar-refractivity contribution in [3.05, 3.63) is 69.8 Å². The maximum absolute atomic E-state index is 11.2. The number of carboxylic acids is 1. The van der Waals surface area contributed by atoms with Crippen molar-refractivity contribution in [1.29, 1.82) is 0 Å². The minimum Gasteiger partial charge on any atom is -0.478 e. The number of rotatable bonds is 5. The van der Waals surface area contributed by atoms with E-state index in [9.17, 15) is 9.90 Å². The Morgan fingerprint density at radius 3 is 2.30 bits per heavy atom. The Morgan fingerprint density at radius 1 is 1.15 bits per heavy atom. The van der Waals surface area contributed by atoms with Gasteiger partial charge in [0.05, 0.1) is 17.3 Å². The number of aromatic carboxylic acids is 1. The van der Waals surface area contributed by atoms with Crippen LogP contribution in [0.2, 0.25) is 0 Å². The maximum Gasteiger partial charge on any atom is 0.335 e. The summed E-state index contributed by atoms with van der Waals surface area (Å²) in [6, 6.07) is 11.6. The summed E-state index contributed by atoms with van der Waals surface area (Å²) in [7, 11) is 0. The second kappa shape index (κ2) is 7.58. The number of benzene rings is 2. The molecule has 0 saturated heterocycles. The Bertz CT molecular complexity index is 924. The van der Waals surface area contributed by atoms with Crippen LogP contribution in [-0.2, 0) is 16.8 Å². The van der Waals surface area contributed by atoms with Gasteiger partial charge in [-0.2, -0.15) is 0 Å². The summed E-state index contributed by atoms with van der Waals surface area (Å²) in [5.74, 6) is 5.47. The molecule has 0 aromatic heterocycles. The molecule has 0 bridgehead atoms. The molecule has 3 nitrogen and oxygen atoms in total. The quantitative estimate of drug-likeness (QED) is 0.756. The van der Waals surface area contributed by atoms with E-state index >= 15 is 0 Å². The largest absolute Gasteiger partial charge is 0.478 e. The van der Waals surface area contributed by atoms with Crippen LogP contribution in [-0.4, -0.2) is 17.2 Å². The maximum atomic E-state index is 11.2. The summed E-state index contributed by atoms with van der Waals surface area (Å²) >= 11 is 0. The SMILES string of the molecule is CCc1cc(C#Cc2ccc(C3(OC(C)C)CC3)c(C)c2)ccc1C(=O)O. The van der Waals surface area contributed by atoms with Gasteiger partial charge >= 0.3 is 5.97 Å². The first-order valence-electron chi connectivity index (χ1n) is 9.52. The molecule has 2 aromatic carbocycles. The lowest BCUT2D eigenvalue weighted by Gasteiger charge is -2.22. The third kappa shape index (κ3) is 4.23. The Morgan fingerprint density at radius 2 is 1.78 bits per heavy atom. The monoisotopic (exact) mass is 362 g/mol. The van der Waals surface area contributed by atoms with Gasteiger partial charge in [0.2, 0.25) is 0 Å². The van der Waals surface area contributed by atoms with E-state index in [0.29, 0.717) is 12.0 Å². The van der Waals surface area contributed by atoms with Crippen molar-refractivity contribution in [3.63, 3.8) is 0 Å². The lowest BCUT2D eigenvalue weighted by molar-refractivity contribution is -0.0146. The number of ether oxygens (including phenoxy) is 1. The molecule has 0 unspecified atom stereocenters. The van der Waals surface area contributed by atoms with Crippen LogP contribution in [0.3, 0.4) is 0 Å². The topological polar surface area (TPSA) is 46.5 Å². The second-order valence-electron chi connectivity index (χ2n) is 7.47. The molecule has 1 saturated carbocycles. The van der Waals surface area contributed by atoms with E-state index < -0.39 is 5.97 Å². The minimum absolute atomic E-state index is 0.104. The third-order valence-corrected chi connectivity index (χ3v) is 4.95. The van der Waals surface area contributed by atoms with E-state index in [0.717, 1.165) is 29.5 Å². The number of aryl methyl sites for hydroxylation is 2. The molecule has 3 rings (SSSR count). The van der Waals surface area contributed by atoms with E-state index in [2.05, 4.69) is 44.7 Å². The Hall–Kier alpha value is -2.57. The molecule has 0 amide bonds. The Labute approximate surface area is 161 Å². The van der Waals surface area contributed by atoms with Crippen LogP contribution < -0.4 is 0 Å². The number of hydrogen-bond acceptors (Lipinski definition) is 2. The van der Waals surface area contributed by atoms with Gasteiger partial charge in [-0.05, 0) is 87.1 Å². The number of carboxylic acid groups (broad SMARTS) is 1. The molecule has 1 aliphatic carbocycles. The van der Waals surface area contributed by atoms with Gasteiger partial charge in [0.25, 0.3) is 0 Å². The average Bonchev–Trinajstić information content (AvgIpc) is 3.39. The highest BCUT2D eigenvalue weighted by molar-refractivity contribution is 5.89. The van der Waals surface area contributed by atoms with Gasteiger partial charge in [-0.1, -0.05) is 24.8 Å². The van der Waals surface area contributed by atoms with Crippen molar-refractivity contribution in [2.24, 2.45) is 0 Å². The summed E-state index contributed by atoms with van der Waals surface area (Å²) in [6.07, 6.45) is 3.04. The molecule has 2 aromatic rings. The van der Waals surface area contributed by atoms with Gasteiger partial charge in [-0.15, -0.1) is 0 Å². The van der Waals surface area contributed by atoms with Crippen molar-refractivity contribution < 1.29 is 14.6 Å². The van der Waals surface area contributed by atoms with Gasteiger partial charge in [0.15, 0.2) is 0 Å². The molecule has 3 heteroatoms. The summed E-state index contributed by atoms with van der Waals surface area (Å²) in [5.41, 5.74) is 5.31. The fourth-order valence-corrected chi connectivity index (χ4v) is 3.58. The molecule has 0 heterocycles. The van der Waals surface area contributed by atoms with E-state index in [1.807, 2.05) is 19.1 Å². The summed E-state index contributed by atoms with van der Waals surface area (Å²) in [6.45, 7) is 8.22. The fraction of sp³-hybridized carbons (Fsp3) is 0.375. The van der Waals surface area contributed by atoms with E-state index in [4.69, 9.17) is 4.74 Å². The van der Waals surface area contributed by atoms with Crippen molar-refractivity contribution in [2.45, 2.75) is 58.7 Å².